The van der Waals surface area contributed by atoms with Gasteiger partial charge in [0.05, 0.1) is 6.42 Å². The van der Waals surface area contributed by atoms with Crippen molar-refractivity contribution < 1.29 is 4.79 Å². The van der Waals surface area contributed by atoms with Crippen LogP contribution in [0.2, 0.25) is 0 Å². The molecular formula is C18H28N2O. The van der Waals surface area contributed by atoms with Gasteiger partial charge in [0.15, 0.2) is 0 Å². The van der Waals surface area contributed by atoms with Crippen molar-refractivity contribution in [2.45, 2.75) is 52.5 Å². The fourth-order valence-corrected chi connectivity index (χ4v) is 3.37. The lowest BCUT2D eigenvalue weighted by Gasteiger charge is -2.40. The minimum Gasteiger partial charge on any atom is -0.382 e. The maximum atomic E-state index is 11.4. The fourth-order valence-electron chi connectivity index (χ4n) is 3.37. The molecule has 0 aromatic heterocycles. The first-order valence-corrected chi connectivity index (χ1v) is 7.96. The summed E-state index contributed by atoms with van der Waals surface area (Å²) >= 11 is 0. The second-order valence-electron chi connectivity index (χ2n) is 7.18. The molecule has 0 heterocycles. The van der Waals surface area contributed by atoms with Crippen LogP contribution < -0.4 is 10.6 Å². The predicted octanol–water partition coefficient (Wildman–Crippen LogP) is 3.60. The van der Waals surface area contributed by atoms with Crippen LogP contribution in [0, 0.1) is 11.3 Å². The Bertz CT molecular complexity index is 478. The van der Waals surface area contributed by atoms with E-state index in [4.69, 9.17) is 0 Å². The number of hydrogen-bond acceptors (Lipinski definition) is 2. The Morgan fingerprint density at radius 2 is 1.95 bits per heavy atom. The summed E-state index contributed by atoms with van der Waals surface area (Å²) in [7, 11) is 1.67. The first-order chi connectivity index (χ1) is 9.89. The van der Waals surface area contributed by atoms with Gasteiger partial charge in [-0.1, -0.05) is 32.9 Å². The molecule has 3 nitrogen and oxygen atoms in total. The summed E-state index contributed by atoms with van der Waals surface area (Å²) in [5.74, 6) is 0.748. The average Bonchev–Trinajstić information content (AvgIpc) is 2.43. The lowest BCUT2D eigenvalue weighted by molar-refractivity contribution is -0.119. The first kappa shape index (κ1) is 15.9. The zero-order valence-electron chi connectivity index (χ0n) is 13.7. The molecule has 2 unspecified atom stereocenters. The van der Waals surface area contributed by atoms with Crippen LogP contribution in [0.5, 0.6) is 0 Å². The number of benzene rings is 1. The number of carbonyl (C=O) groups is 1. The summed E-state index contributed by atoms with van der Waals surface area (Å²) in [6, 6.07) is 8.81. The van der Waals surface area contributed by atoms with Crippen molar-refractivity contribution in [3.8, 4) is 0 Å². The topological polar surface area (TPSA) is 41.1 Å². The third-order valence-electron chi connectivity index (χ3n) is 4.64. The van der Waals surface area contributed by atoms with E-state index >= 15 is 0 Å². The summed E-state index contributed by atoms with van der Waals surface area (Å²) in [5, 5.41) is 6.31. The maximum Gasteiger partial charge on any atom is 0.224 e. The van der Waals surface area contributed by atoms with Gasteiger partial charge in [-0.3, -0.25) is 4.79 Å². The molecule has 1 aliphatic carbocycles. The molecule has 1 fully saturated rings. The largest absolute Gasteiger partial charge is 0.382 e. The third-order valence-corrected chi connectivity index (χ3v) is 4.64. The SMILES string of the molecule is CNC(=O)Cc1ccc(NC2CCC(C)(C)CC2C)cc1. The zero-order chi connectivity index (χ0) is 15.5. The standard InChI is InChI=1S/C18H28N2O/c1-13-12-18(2,3)10-9-16(13)20-15-7-5-14(6-8-15)11-17(21)19-4/h5-8,13,16,20H,9-12H2,1-4H3,(H,19,21). The van der Waals surface area contributed by atoms with Gasteiger partial charge in [-0.2, -0.15) is 0 Å². The van der Waals surface area contributed by atoms with E-state index in [-0.39, 0.29) is 5.91 Å². The van der Waals surface area contributed by atoms with Crippen molar-refractivity contribution in [2.75, 3.05) is 12.4 Å². The van der Waals surface area contributed by atoms with E-state index in [1.165, 1.54) is 19.3 Å². The van der Waals surface area contributed by atoms with Crippen molar-refractivity contribution >= 4 is 11.6 Å². The van der Waals surface area contributed by atoms with Crippen molar-refractivity contribution in [1.29, 1.82) is 0 Å². The molecule has 0 spiro atoms. The molecule has 1 saturated carbocycles. The van der Waals surface area contributed by atoms with Crippen LogP contribution in [-0.4, -0.2) is 19.0 Å². The zero-order valence-corrected chi connectivity index (χ0v) is 13.7. The Balaban J connectivity index is 1.93. The van der Waals surface area contributed by atoms with E-state index in [1.54, 1.807) is 7.05 Å². The highest BCUT2D eigenvalue weighted by atomic mass is 16.1. The molecule has 1 aliphatic rings. The quantitative estimate of drug-likeness (QED) is 0.888. The molecule has 2 N–H and O–H groups in total. The molecule has 1 aromatic carbocycles. The number of rotatable bonds is 4. The van der Waals surface area contributed by atoms with Gasteiger partial charge >= 0.3 is 0 Å². The molecule has 1 aromatic rings. The number of hydrogen-bond donors (Lipinski definition) is 2. The summed E-state index contributed by atoms with van der Waals surface area (Å²) in [6.45, 7) is 7.08. The van der Waals surface area contributed by atoms with Crippen molar-refractivity contribution in [3.05, 3.63) is 29.8 Å². The van der Waals surface area contributed by atoms with Crippen LogP contribution >= 0.6 is 0 Å². The molecular weight excluding hydrogens is 260 g/mol. The van der Waals surface area contributed by atoms with Gasteiger partial charge in [0, 0.05) is 18.8 Å². The van der Waals surface area contributed by atoms with Crippen molar-refractivity contribution in [2.24, 2.45) is 11.3 Å². The first-order valence-electron chi connectivity index (χ1n) is 7.96. The van der Waals surface area contributed by atoms with E-state index in [0.29, 0.717) is 23.8 Å². The Hall–Kier alpha value is -1.51. The molecule has 21 heavy (non-hydrogen) atoms. The second-order valence-corrected chi connectivity index (χ2v) is 7.18. The normalized spacial score (nSPS) is 24.4. The lowest BCUT2D eigenvalue weighted by Crippen LogP contribution is -2.36. The predicted molar refractivity (Wildman–Crippen MR) is 88.4 cm³/mol. The highest BCUT2D eigenvalue weighted by Crippen LogP contribution is 2.39. The monoisotopic (exact) mass is 288 g/mol. The van der Waals surface area contributed by atoms with Crippen molar-refractivity contribution in [1.82, 2.24) is 5.32 Å². The Labute approximate surface area is 128 Å². The van der Waals surface area contributed by atoms with Crippen LogP contribution in [0.1, 0.15) is 45.6 Å². The second kappa shape index (κ2) is 6.50. The van der Waals surface area contributed by atoms with Gasteiger partial charge in [-0.25, -0.2) is 0 Å². The number of nitrogens with one attached hydrogen (secondary N) is 2. The van der Waals surface area contributed by atoms with Gasteiger partial charge < -0.3 is 10.6 Å². The number of carbonyl (C=O) groups excluding carboxylic acids is 1. The Kier molecular flexibility index (Phi) is 4.92. The van der Waals surface area contributed by atoms with Crippen LogP contribution in [0.15, 0.2) is 24.3 Å². The van der Waals surface area contributed by atoms with Gasteiger partial charge in [0.25, 0.3) is 0 Å². The average molecular weight is 288 g/mol. The molecule has 0 aliphatic heterocycles. The minimum absolute atomic E-state index is 0.0545. The highest BCUT2D eigenvalue weighted by molar-refractivity contribution is 5.78. The van der Waals surface area contributed by atoms with Crippen LogP contribution in [0.25, 0.3) is 0 Å². The third kappa shape index (κ3) is 4.48. The molecule has 2 atom stereocenters. The van der Waals surface area contributed by atoms with E-state index in [0.717, 1.165) is 11.3 Å². The van der Waals surface area contributed by atoms with Gasteiger partial charge in [0.2, 0.25) is 5.91 Å². The van der Waals surface area contributed by atoms with Gasteiger partial charge in [0.1, 0.15) is 0 Å². The molecule has 3 heteroatoms. The summed E-state index contributed by atoms with van der Waals surface area (Å²) in [5.41, 5.74) is 2.69. The maximum absolute atomic E-state index is 11.4. The molecule has 2 rings (SSSR count). The Morgan fingerprint density at radius 1 is 1.29 bits per heavy atom. The molecule has 1 amide bonds. The minimum atomic E-state index is 0.0545. The van der Waals surface area contributed by atoms with Crippen LogP contribution in [-0.2, 0) is 11.2 Å². The molecule has 0 bridgehead atoms. The highest BCUT2D eigenvalue weighted by Gasteiger charge is 2.32. The van der Waals surface area contributed by atoms with E-state index in [2.05, 4.69) is 43.5 Å². The lowest BCUT2D eigenvalue weighted by atomic mass is 9.70. The van der Waals surface area contributed by atoms with Gasteiger partial charge in [-0.05, 0) is 48.3 Å². The molecule has 116 valence electrons. The van der Waals surface area contributed by atoms with Crippen molar-refractivity contribution in [3.63, 3.8) is 0 Å². The summed E-state index contributed by atoms with van der Waals surface area (Å²) in [6.07, 6.45) is 4.24. The number of amides is 1. The van der Waals surface area contributed by atoms with Crippen LogP contribution in [0.4, 0.5) is 5.69 Å². The fraction of sp³-hybridized carbons (Fsp3) is 0.611. The Morgan fingerprint density at radius 3 is 2.52 bits per heavy atom. The van der Waals surface area contributed by atoms with E-state index < -0.39 is 0 Å². The smallest absolute Gasteiger partial charge is 0.224 e. The van der Waals surface area contributed by atoms with E-state index in [1.807, 2.05) is 12.1 Å². The van der Waals surface area contributed by atoms with E-state index in [9.17, 15) is 4.79 Å². The number of anilines is 1. The molecule has 0 saturated heterocycles. The summed E-state index contributed by atoms with van der Waals surface area (Å²) in [4.78, 5) is 11.4. The number of likely N-dealkylation sites (N-methyl/N-ethyl adjacent to an activating group) is 1. The van der Waals surface area contributed by atoms with Crippen LogP contribution in [0.3, 0.4) is 0 Å². The van der Waals surface area contributed by atoms with Gasteiger partial charge in [-0.15, -0.1) is 0 Å². The molecule has 0 radical (unpaired) electrons. The summed E-state index contributed by atoms with van der Waals surface area (Å²) < 4.78 is 0.